The van der Waals surface area contributed by atoms with E-state index in [0.29, 0.717) is 67.3 Å². The molecule has 274 valence electrons. The number of nitrogens with zero attached hydrogens (tertiary/aromatic N) is 5. The first-order chi connectivity index (χ1) is 25.3. The number of hydrogen-bond donors (Lipinski definition) is 2. The maximum absolute atomic E-state index is 14.9. The summed E-state index contributed by atoms with van der Waals surface area (Å²) in [5.41, 5.74) is 8.10. The molecule has 3 fully saturated rings. The highest BCUT2D eigenvalue weighted by atomic mass is 19.1. The average molecular weight is 712 g/mol. The number of piperidine rings is 2. The molecule has 3 aliphatic rings. The zero-order valence-electron chi connectivity index (χ0n) is 29.4. The van der Waals surface area contributed by atoms with Crippen molar-refractivity contribution in [2.75, 3.05) is 50.4 Å². The van der Waals surface area contributed by atoms with Crippen LogP contribution in [0.5, 0.6) is 0 Å². The van der Waals surface area contributed by atoms with Gasteiger partial charge in [0.2, 0.25) is 5.95 Å². The fourth-order valence-electron chi connectivity index (χ4n) is 8.00. The van der Waals surface area contributed by atoms with Gasteiger partial charge in [-0.1, -0.05) is 24.3 Å². The third-order valence-corrected chi connectivity index (χ3v) is 11.0. The van der Waals surface area contributed by atoms with E-state index in [-0.39, 0.29) is 35.1 Å². The topological polar surface area (TPSA) is 119 Å². The van der Waals surface area contributed by atoms with Gasteiger partial charge in [-0.2, -0.15) is 0 Å². The summed E-state index contributed by atoms with van der Waals surface area (Å²) in [7, 11) is 0. The molecule has 12 heteroatoms. The summed E-state index contributed by atoms with van der Waals surface area (Å²) < 4.78 is 36.6. The molecular formula is C40H47F2N7O3. The van der Waals surface area contributed by atoms with Crippen LogP contribution in [0.1, 0.15) is 62.8 Å². The molecule has 0 radical (unpaired) electrons. The lowest BCUT2D eigenvalue weighted by atomic mass is 9.81. The lowest BCUT2D eigenvalue weighted by molar-refractivity contribution is 0.0666. The van der Waals surface area contributed by atoms with E-state index in [2.05, 4.69) is 20.2 Å². The van der Waals surface area contributed by atoms with E-state index in [9.17, 15) is 18.4 Å². The van der Waals surface area contributed by atoms with E-state index in [1.807, 2.05) is 6.07 Å². The van der Waals surface area contributed by atoms with Crippen LogP contribution >= 0.6 is 0 Å². The Labute approximate surface area is 303 Å². The van der Waals surface area contributed by atoms with Crippen molar-refractivity contribution in [1.29, 1.82) is 0 Å². The maximum atomic E-state index is 14.9. The Bertz CT molecular complexity index is 1900. The summed E-state index contributed by atoms with van der Waals surface area (Å²) in [5.74, 6) is 0.863. The van der Waals surface area contributed by atoms with Gasteiger partial charge in [-0.25, -0.2) is 23.5 Å². The monoisotopic (exact) mass is 711 g/mol. The minimum Gasteiger partial charge on any atom is -0.449 e. The number of benzene rings is 2. The number of aromatic nitrogens is 3. The number of nitrogens with two attached hydrogens (primary N) is 1. The Morgan fingerprint density at radius 2 is 1.63 bits per heavy atom. The first kappa shape index (κ1) is 35.6. The fraction of sp³-hybridized carbons (Fsp3) is 0.450. The van der Waals surface area contributed by atoms with E-state index in [1.54, 1.807) is 53.6 Å². The van der Waals surface area contributed by atoms with E-state index >= 15 is 0 Å². The summed E-state index contributed by atoms with van der Waals surface area (Å²) in [5, 5.41) is 3.32. The molecule has 0 bridgehead atoms. The molecule has 0 unspecified atom stereocenters. The summed E-state index contributed by atoms with van der Waals surface area (Å²) in [6.07, 6.45) is 10.3. The second kappa shape index (κ2) is 16.2. The Kier molecular flexibility index (Phi) is 11.1. The highest BCUT2D eigenvalue weighted by Crippen LogP contribution is 2.34. The number of nitrogen functional groups attached to an aromatic ring is 1. The molecule has 0 atom stereocenters. The number of amides is 1. The number of anilines is 2. The molecule has 1 aliphatic carbocycles. The van der Waals surface area contributed by atoms with Crippen molar-refractivity contribution in [2.24, 2.45) is 11.8 Å². The van der Waals surface area contributed by atoms with E-state index in [4.69, 9.17) is 10.5 Å². The molecule has 2 aliphatic heterocycles. The Morgan fingerprint density at radius 3 is 2.38 bits per heavy atom. The molecule has 10 nitrogen and oxygen atoms in total. The molecule has 52 heavy (non-hydrogen) atoms. The van der Waals surface area contributed by atoms with Gasteiger partial charge in [0.05, 0.1) is 12.8 Å². The smallest absolute Gasteiger partial charge is 0.409 e. The molecule has 2 saturated heterocycles. The molecule has 2 aromatic carbocycles. The summed E-state index contributed by atoms with van der Waals surface area (Å²) in [4.78, 5) is 38.2. The summed E-state index contributed by atoms with van der Waals surface area (Å²) in [6.45, 7) is 4.61. The minimum absolute atomic E-state index is 0.0246. The number of ether oxygens (including phenoxy) is 1. The van der Waals surface area contributed by atoms with Gasteiger partial charge in [-0.15, -0.1) is 0 Å². The summed E-state index contributed by atoms with van der Waals surface area (Å²) >= 11 is 0. The van der Waals surface area contributed by atoms with Crippen molar-refractivity contribution in [1.82, 2.24) is 24.3 Å². The van der Waals surface area contributed by atoms with Crippen LogP contribution in [0.3, 0.4) is 0 Å². The molecule has 7 rings (SSSR count). The second-order valence-corrected chi connectivity index (χ2v) is 14.6. The maximum Gasteiger partial charge on any atom is 0.409 e. The first-order valence-corrected chi connectivity index (χ1v) is 18.6. The van der Waals surface area contributed by atoms with Crippen molar-refractivity contribution < 1.29 is 18.3 Å². The normalized spacial score (nSPS) is 20.5. The number of nitrogens with one attached hydrogen (secondary N) is 1. The predicted molar refractivity (Wildman–Crippen MR) is 197 cm³/mol. The number of pyridine rings is 1. The molecule has 2 aromatic heterocycles. The van der Waals surface area contributed by atoms with Gasteiger partial charge >= 0.3 is 6.09 Å². The fourth-order valence-corrected chi connectivity index (χ4v) is 8.00. The van der Waals surface area contributed by atoms with Crippen molar-refractivity contribution >= 4 is 17.7 Å². The number of carbonyl (C=O) groups is 1. The molecule has 1 saturated carbocycles. The Hall–Kier alpha value is -4.84. The van der Waals surface area contributed by atoms with Crippen molar-refractivity contribution in [3.05, 3.63) is 101 Å². The van der Waals surface area contributed by atoms with Crippen LogP contribution in [0.25, 0.3) is 16.9 Å². The third kappa shape index (κ3) is 8.61. The number of likely N-dealkylation sites (tertiary alicyclic amines) is 2. The Morgan fingerprint density at radius 1 is 0.865 bits per heavy atom. The first-order valence-electron chi connectivity index (χ1n) is 18.6. The zero-order valence-corrected chi connectivity index (χ0v) is 29.4. The lowest BCUT2D eigenvalue weighted by Gasteiger charge is -2.37. The predicted octanol–water partition coefficient (Wildman–Crippen LogP) is 6.85. The van der Waals surface area contributed by atoms with Crippen molar-refractivity contribution in [2.45, 2.75) is 63.3 Å². The van der Waals surface area contributed by atoms with Gasteiger partial charge in [0, 0.05) is 54.9 Å². The molecular weight excluding hydrogens is 664 g/mol. The largest absolute Gasteiger partial charge is 0.449 e. The zero-order chi connectivity index (χ0) is 36.0. The van der Waals surface area contributed by atoms with Crippen LogP contribution in [-0.2, 0) is 4.74 Å². The van der Waals surface area contributed by atoms with E-state index < -0.39 is 5.82 Å². The standard InChI is InChI=1S/C40H47F2N7O3/c41-35-23-31(43)11-12-34(35)29-13-18-47(19-14-29)25-27-7-9-28(10-8-27)26-52-40(51)48-20-15-32(16-21-48)45-39-44-24-36(42)38(46-39)30-4-3-5-33(22-30)49-17-2-1-6-37(49)50/h1-6,11-12,17,22-24,27-29,32H,7-10,13-16,18-21,25-26,43H2,(H,44,45,46). The molecule has 0 spiro atoms. The van der Waals surface area contributed by atoms with Gasteiger partial charge in [-0.3, -0.25) is 9.36 Å². The number of carbonyl (C=O) groups excluding carboxylic acids is 1. The van der Waals surface area contributed by atoms with Crippen LogP contribution in [-0.4, -0.2) is 75.8 Å². The van der Waals surface area contributed by atoms with Crippen LogP contribution in [0.4, 0.5) is 25.2 Å². The molecule has 3 N–H and O–H groups in total. The summed E-state index contributed by atoms with van der Waals surface area (Å²) in [6, 6.07) is 17.0. The van der Waals surface area contributed by atoms with Gasteiger partial charge in [0.25, 0.3) is 5.56 Å². The average Bonchev–Trinajstić information content (AvgIpc) is 3.16. The van der Waals surface area contributed by atoms with Gasteiger partial charge in [-0.05, 0) is 118 Å². The highest BCUT2D eigenvalue weighted by Gasteiger charge is 2.29. The van der Waals surface area contributed by atoms with Crippen molar-refractivity contribution in [3.63, 3.8) is 0 Å². The Balaban J connectivity index is 0.819. The molecule has 1 amide bonds. The quantitative estimate of drug-likeness (QED) is 0.181. The van der Waals surface area contributed by atoms with E-state index in [1.165, 1.54) is 16.7 Å². The number of hydrogen-bond acceptors (Lipinski definition) is 8. The minimum atomic E-state index is -0.556. The SMILES string of the molecule is Nc1ccc(C2CCN(CC3CCC(COC(=O)N4CCC(Nc5ncc(F)c(-c6cccc(-n7ccccc7=O)c6)n5)CC4)CC3)CC2)c(F)c1. The van der Waals surface area contributed by atoms with Crippen LogP contribution < -0.4 is 16.6 Å². The van der Waals surface area contributed by atoms with Crippen LogP contribution in [0.2, 0.25) is 0 Å². The lowest BCUT2D eigenvalue weighted by Crippen LogP contribution is -2.43. The van der Waals surface area contributed by atoms with Crippen LogP contribution in [0, 0.1) is 23.5 Å². The molecule has 4 heterocycles. The molecule has 4 aromatic rings. The second-order valence-electron chi connectivity index (χ2n) is 14.6. The van der Waals surface area contributed by atoms with E-state index in [0.717, 1.165) is 69.9 Å². The third-order valence-electron chi connectivity index (χ3n) is 11.0. The van der Waals surface area contributed by atoms with Gasteiger partial charge < -0.3 is 25.6 Å². The van der Waals surface area contributed by atoms with Crippen LogP contribution in [0.15, 0.2) is 77.9 Å². The number of halogens is 2. The highest BCUT2D eigenvalue weighted by molar-refractivity contribution is 5.68. The van der Waals surface area contributed by atoms with Gasteiger partial charge in [0.1, 0.15) is 11.5 Å². The number of rotatable bonds is 9. The van der Waals surface area contributed by atoms with Gasteiger partial charge in [0.15, 0.2) is 5.82 Å². The van der Waals surface area contributed by atoms with Crippen molar-refractivity contribution in [3.8, 4) is 16.9 Å².